The van der Waals surface area contributed by atoms with Crippen LogP contribution in [0, 0.1) is 12.3 Å². The molecular weight excluding hydrogens is 200 g/mol. The fourth-order valence-corrected chi connectivity index (χ4v) is 0.913. The highest BCUT2D eigenvalue weighted by Gasteiger charge is 2.13. The lowest BCUT2D eigenvalue weighted by Crippen LogP contribution is -2.04. The highest BCUT2D eigenvalue weighted by atomic mass is 16.5. The predicted molar refractivity (Wildman–Crippen MR) is 50.6 cm³/mol. The number of carbonyl (C=O) groups is 1. The number of hydrogen-bond donors (Lipinski definition) is 3. The van der Waals surface area contributed by atoms with Crippen LogP contribution in [0.3, 0.4) is 0 Å². The number of phenolic OH excluding ortho intramolecular Hbond substituents is 3. The zero-order valence-corrected chi connectivity index (χ0v) is 7.60. The number of ether oxygens (including phenoxy) is 1. The molecule has 0 bridgehead atoms. The topological polar surface area (TPSA) is 87.0 Å². The summed E-state index contributed by atoms with van der Waals surface area (Å²) >= 11 is 0. The molecule has 0 aliphatic rings. The summed E-state index contributed by atoms with van der Waals surface area (Å²) < 4.78 is 4.55. The van der Waals surface area contributed by atoms with Gasteiger partial charge in [0.1, 0.15) is 0 Å². The van der Waals surface area contributed by atoms with Gasteiger partial charge in [-0.2, -0.15) is 0 Å². The highest BCUT2D eigenvalue weighted by Crippen LogP contribution is 2.35. The first-order valence-corrected chi connectivity index (χ1v) is 3.91. The van der Waals surface area contributed by atoms with Gasteiger partial charge in [0.25, 0.3) is 0 Å². The van der Waals surface area contributed by atoms with Crippen molar-refractivity contribution in [2.45, 2.75) is 0 Å². The first-order chi connectivity index (χ1) is 7.06. The normalized spacial score (nSPS) is 9.27. The number of hydrogen-bond acceptors (Lipinski definition) is 5. The van der Waals surface area contributed by atoms with E-state index < -0.39 is 23.2 Å². The molecule has 0 aliphatic carbocycles. The summed E-state index contributed by atoms with van der Waals surface area (Å²) in [5.41, 5.74) is -0.0990. The lowest BCUT2D eigenvalue weighted by molar-refractivity contribution is 0.0555. The van der Waals surface area contributed by atoms with E-state index in [1.807, 2.05) is 0 Å². The van der Waals surface area contributed by atoms with Gasteiger partial charge in [-0.05, 0) is 12.1 Å². The SMILES string of the molecule is C#CCOC(=O)c1cc(O)c(O)c(O)c1. The van der Waals surface area contributed by atoms with Crippen LogP contribution in [0.4, 0.5) is 0 Å². The molecule has 5 nitrogen and oxygen atoms in total. The number of terminal acetylenes is 1. The molecule has 15 heavy (non-hydrogen) atoms. The largest absolute Gasteiger partial charge is 0.504 e. The molecule has 0 saturated heterocycles. The van der Waals surface area contributed by atoms with Gasteiger partial charge in [-0.1, -0.05) is 5.92 Å². The number of benzene rings is 1. The quantitative estimate of drug-likeness (QED) is 0.376. The van der Waals surface area contributed by atoms with Gasteiger partial charge in [0.2, 0.25) is 0 Å². The minimum absolute atomic E-state index is 0.0990. The number of esters is 1. The fraction of sp³-hybridized carbons (Fsp3) is 0.100. The van der Waals surface area contributed by atoms with Gasteiger partial charge in [-0.3, -0.25) is 0 Å². The molecule has 0 amide bonds. The minimum atomic E-state index is -0.793. The van der Waals surface area contributed by atoms with E-state index >= 15 is 0 Å². The highest BCUT2D eigenvalue weighted by molar-refractivity contribution is 5.91. The van der Waals surface area contributed by atoms with Crippen LogP contribution >= 0.6 is 0 Å². The van der Waals surface area contributed by atoms with E-state index in [1.54, 1.807) is 0 Å². The zero-order valence-electron chi connectivity index (χ0n) is 7.60. The summed E-state index contributed by atoms with van der Waals surface area (Å²) in [5.74, 6) is -0.610. The molecular formula is C10H8O5. The maximum absolute atomic E-state index is 11.2. The average Bonchev–Trinajstić information content (AvgIpc) is 2.21. The third-order valence-electron chi connectivity index (χ3n) is 1.59. The monoisotopic (exact) mass is 208 g/mol. The molecule has 0 atom stereocenters. The second kappa shape index (κ2) is 4.24. The fourth-order valence-electron chi connectivity index (χ4n) is 0.913. The minimum Gasteiger partial charge on any atom is -0.504 e. The van der Waals surface area contributed by atoms with Crippen molar-refractivity contribution in [1.29, 1.82) is 0 Å². The molecule has 1 rings (SSSR count). The van der Waals surface area contributed by atoms with Gasteiger partial charge in [0.05, 0.1) is 5.56 Å². The molecule has 0 aliphatic heterocycles. The van der Waals surface area contributed by atoms with Crippen LogP contribution in [0.5, 0.6) is 17.2 Å². The molecule has 0 spiro atoms. The first kappa shape index (κ1) is 10.7. The molecule has 0 aromatic heterocycles. The van der Waals surface area contributed by atoms with Crippen molar-refractivity contribution in [3.05, 3.63) is 17.7 Å². The molecule has 1 aromatic carbocycles. The van der Waals surface area contributed by atoms with Crippen LogP contribution in [0.15, 0.2) is 12.1 Å². The van der Waals surface area contributed by atoms with E-state index in [0.29, 0.717) is 0 Å². The van der Waals surface area contributed by atoms with E-state index in [-0.39, 0.29) is 12.2 Å². The molecule has 0 fully saturated rings. The third kappa shape index (κ3) is 2.31. The molecule has 0 saturated carbocycles. The Morgan fingerprint density at radius 2 is 1.87 bits per heavy atom. The van der Waals surface area contributed by atoms with Crippen molar-refractivity contribution in [3.8, 4) is 29.6 Å². The Morgan fingerprint density at radius 1 is 1.33 bits per heavy atom. The van der Waals surface area contributed by atoms with Crippen molar-refractivity contribution < 1.29 is 24.9 Å². The second-order valence-electron chi connectivity index (χ2n) is 2.64. The summed E-state index contributed by atoms with van der Waals surface area (Å²) in [5, 5.41) is 27.2. The van der Waals surface area contributed by atoms with E-state index in [2.05, 4.69) is 10.7 Å². The molecule has 5 heteroatoms. The first-order valence-electron chi connectivity index (χ1n) is 3.91. The van der Waals surface area contributed by atoms with Gasteiger partial charge in [0.15, 0.2) is 23.9 Å². The van der Waals surface area contributed by atoms with Crippen molar-refractivity contribution in [1.82, 2.24) is 0 Å². The number of aromatic hydroxyl groups is 3. The Morgan fingerprint density at radius 3 is 2.33 bits per heavy atom. The summed E-state index contributed by atoms with van der Waals surface area (Å²) in [6.45, 7) is -0.207. The van der Waals surface area contributed by atoms with E-state index in [0.717, 1.165) is 12.1 Å². The molecule has 0 heterocycles. The average molecular weight is 208 g/mol. The van der Waals surface area contributed by atoms with Crippen LogP contribution in [0.2, 0.25) is 0 Å². The number of phenols is 3. The second-order valence-corrected chi connectivity index (χ2v) is 2.64. The Labute approximate surface area is 85.5 Å². The summed E-state index contributed by atoms with van der Waals surface area (Å²) in [6.07, 6.45) is 4.87. The zero-order chi connectivity index (χ0) is 11.4. The molecule has 0 radical (unpaired) electrons. The Hall–Kier alpha value is -2.35. The van der Waals surface area contributed by atoms with Crippen molar-refractivity contribution in [2.75, 3.05) is 6.61 Å². The summed E-state index contributed by atoms with van der Waals surface area (Å²) in [6, 6.07) is 1.93. The Kier molecular flexibility index (Phi) is 3.03. The predicted octanol–water partition coefficient (Wildman–Crippen LogP) is 0.593. The van der Waals surface area contributed by atoms with E-state index in [9.17, 15) is 4.79 Å². The van der Waals surface area contributed by atoms with Crippen LogP contribution in [-0.2, 0) is 4.74 Å². The van der Waals surface area contributed by atoms with Gasteiger partial charge in [0, 0.05) is 0 Å². The van der Waals surface area contributed by atoms with Crippen molar-refractivity contribution >= 4 is 5.97 Å². The van der Waals surface area contributed by atoms with Gasteiger partial charge in [-0.15, -0.1) is 6.42 Å². The maximum Gasteiger partial charge on any atom is 0.339 e. The lowest BCUT2D eigenvalue weighted by atomic mass is 10.2. The summed E-state index contributed by atoms with van der Waals surface area (Å²) in [4.78, 5) is 11.2. The van der Waals surface area contributed by atoms with Crippen LogP contribution in [0.25, 0.3) is 0 Å². The lowest BCUT2D eigenvalue weighted by Gasteiger charge is -2.04. The molecule has 78 valence electrons. The smallest absolute Gasteiger partial charge is 0.339 e. The Bertz CT molecular complexity index is 407. The maximum atomic E-state index is 11.2. The van der Waals surface area contributed by atoms with Gasteiger partial charge in [-0.25, -0.2) is 4.79 Å². The number of rotatable bonds is 2. The molecule has 1 aromatic rings. The van der Waals surface area contributed by atoms with Crippen molar-refractivity contribution in [3.63, 3.8) is 0 Å². The number of carbonyl (C=O) groups excluding carboxylic acids is 1. The van der Waals surface area contributed by atoms with E-state index in [1.165, 1.54) is 0 Å². The van der Waals surface area contributed by atoms with Gasteiger partial charge >= 0.3 is 5.97 Å². The van der Waals surface area contributed by atoms with Crippen molar-refractivity contribution in [2.24, 2.45) is 0 Å². The molecule has 3 N–H and O–H groups in total. The molecule has 0 unspecified atom stereocenters. The van der Waals surface area contributed by atoms with Gasteiger partial charge < -0.3 is 20.1 Å². The Balaban J connectivity index is 2.97. The third-order valence-corrected chi connectivity index (χ3v) is 1.59. The van der Waals surface area contributed by atoms with Crippen LogP contribution in [0.1, 0.15) is 10.4 Å². The standard InChI is InChI=1S/C10H8O5/c1-2-3-15-10(14)6-4-7(11)9(13)8(12)5-6/h1,4-5,11-13H,3H2. The van der Waals surface area contributed by atoms with Crippen LogP contribution in [-0.4, -0.2) is 27.9 Å². The van der Waals surface area contributed by atoms with Crippen LogP contribution < -0.4 is 0 Å². The summed E-state index contributed by atoms with van der Waals surface area (Å²) in [7, 11) is 0. The van der Waals surface area contributed by atoms with E-state index in [4.69, 9.17) is 21.7 Å².